The van der Waals surface area contributed by atoms with Gasteiger partial charge in [-0.2, -0.15) is 0 Å². The zero-order valence-electron chi connectivity index (χ0n) is 41.1. The Balaban J connectivity index is 0.700. The Hall–Kier alpha value is -6.50. The van der Waals surface area contributed by atoms with Gasteiger partial charge in [-0.05, 0) is 98.8 Å². The SMILES string of the molecule is Cc1ncsc1-c1ccc(CNC(=O)[C@@H]2C[C@@H](O)CN2C(=O)[C@@H](NC(=O)N2CCC(N3CCC(c4cnc(N5CCc6[nH]c7nnc(-c8ccccc8O)cc7c6C5C)nc4)CC3)CC2)C(C)(C)C)cc1. The van der Waals surface area contributed by atoms with Gasteiger partial charge in [0.25, 0.3) is 0 Å². The Bertz CT molecular complexity index is 2880. The highest BCUT2D eigenvalue weighted by Gasteiger charge is 2.45. The lowest BCUT2D eigenvalue weighted by Crippen LogP contribution is -2.60. The highest BCUT2D eigenvalue weighted by Crippen LogP contribution is 2.39. The zero-order chi connectivity index (χ0) is 49.6. The lowest BCUT2D eigenvalue weighted by Gasteiger charge is -2.42. The number of aromatic amines is 1. The highest BCUT2D eigenvalue weighted by atomic mass is 32.1. The van der Waals surface area contributed by atoms with Gasteiger partial charge in [0, 0.05) is 86.2 Å². The molecule has 3 fully saturated rings. The van der Waals surface area contributed by atoms with Crippen molar-refractivity contribution in [3.8, 4) is 27.4 Å². The molecular weight excluding hydrogens is 917 g/mol. The molecule has 3 saturated heterocycles. The molecule has 0 aliphatic carbocycles. The van der Waals surface area contributed by atoms with Crippen LogP contribution in [0.5, 0.6) is 5.75 Å². The maximum atomic E-state index is 14.3. The van der Waals surface area contributed by atoms with E-state index in [-0.39, 0.29) is 49.1 Å². The molecule has 372 valence electrons. The number of β-amino-alcohol motifs (C(OH)–C–C–N with tert-alkyl or cyclic N) is 1. The molecule has 10 rings (SSSR count). The number of fused-ring (bicyclic) bond motifs is 3. The molecule has 0 radical (unpaired) electrons. The summed E-state index contributed by atoms with van der Waals surface area (Å²) in [6.45, 7) is 14.0. The monoisotopic (exact) mass is 980 g/mol. The van der Waals surface area contributed by atoms with Crippen LogP contribution in [-0.2, 0) is 22.6 Å². The van der Waals surface area contributed by atoms with Crippen LogP contribution in [0.4, 0.5) is 10.7 Å². The van der Waals surface area contributed by atoms with Gasteiger partial charge in [0.05, 0.1) is 33.9 Å². The van der Waals surface area contributed by atoms with Crippen molar-refractivity contribution in [3.05, 3.63) is 101 Å². The summed E-state index contributed by atoms with van der Waals surface area (Å²) in [5.74, 6) is 0.534. The lowest BCUT2D eigenvalue weighted by atomic mass is 9.85. The van der Waals surface area contributed by atoms with Crippen LogP contribution in [0.3, 0.4) is 0 Å². The number of anilines is 1. The fourth-order valence-electron chi connectivity index (χ4n) is 11.1. The molecule has 17 nitrogen and oxygen atoms in total. The molecule has 71 heavy (non-hydrogen) atoms. The largest absolute Gasteiger partial charge is 0.507 e. The number of carbonyl (C=O) groups is 3. The van der Waals surface area contributed by atoms with Gasteiger partial charge in [0.2, 0.25) is 17.8 Å². The topological polar surface area (TPSA) is 209 Å². The fourth-order valence-corrected chi connectivity index (χ4v) is 11.9. The molecule has 4 atom stereocenters. The van der Waals surface area contributed by atoms with E-state index in [1.54, 1.807) is 23.5 Å². The molecule has 18 heteroatoms. The second-order valence-corrected chi connectivity index (χ2v) is 21.7. The van der Waals surface area contributed by atoms with Crippen molar-refractivity contribution in [2.45, 2.75) is 116 Å². The summed E-state index contributed by atoms with van der Waals surface area (Å²) in [5, 5.41) is 37.1. The predicted octanol–water partition coefficient (Wildman–Crippen LogP) is 6.72. The summed E-state index contributed by atoms with van der Waals surface area (Å²) in [7, 11) is 0. The van der Waals surface area contributed by atoms with E-state index in [0.29, 0.717) is 42.3 Å². The summed E-state index contributed by atoms with van der Waals surface area (Å²) in [5.41, 5.74) is 9.58. The number of aliphatic hydroxyl groups is 1. The van der Waals surface area contributed by atoms with Gasteiger partial charge >= 0.3 is 6.03 Å². The Morgan fingerprint density at radius 1 is 0.930 bits per heavy atom. The Morgan fingerprint density at radius 3 is 2.35 bits per heavy atom. The first kappa shape index (κ1) is 48.1. The third-order valence-electron chi connectivity index (χ3n) is 15.2. The quantitative estimate of drug-likeness (QED) is 0.0970. The second kappa shape index (κ2) is 20.0. The molecule has 2 aromatic carbocycles. The van der Waals surface area contributed by atoms with Crippen LogP contribution < -0.4 is 15.5 Å². The number of thiazole rings is 1. The van der Waals surface area contributed by atoms with Crippen molar-refractivity contribution >= 4 is 46.2 Å². The van der Waals surface area contributed by atoms with Crippen LogP contribution >= 0.6 is 11.3 Å². The molecule has 0 bridgehead atoms. The average molecular weight is 981 g/mol. The number of likely N-dealkylation sites (tertiary alicyclic amines) is 3. The van der Waals surface area contributed by atoms with E-state index in [1.165, 1.54) is 4.90 Å². The average Bonchev–Trinajstić information content (AvgIpc) is 4.11. The number of piperidine rings is 2. The third-order valence-corrected chi connectivity index (χ3v) is 16.2. The van der Waals surface area contributed by atoms with Crippen molar-refractivity contribution in [3.63, 3.8) is 0 Å². The first-order valence-corrected chi connectivity index (χ1v) is 25.9. The van der Waals surface area contributed by atoms with Crippen LogP contribution in [0.15, 0.2) is 72.5 Å². The Kier molecular flexibility index (Phi) is 13.5. The van der Waals surface area contributed by atoms with Crippen molar-refractivity contribution in [2.75, 3.05) is 44.2 Å². The zero-order valence-corrected chi connectivity index (χ0v) is 42.0. The van der Waals surface area contributed by atoms with Gasteiger partial charge in [0.15, 0.2) is 5.65 Å². The van der Waals surface area contributed by atoms with Gasteiger partial charge in [-0.1, -0.05) is 57.2 Å². The number of hydrogen-bond acceptors (Lipinski definition) is 13. The number of amides is 4. The number of nitrogens with zero attached hydrogens (tertiary/aromatic N) is 9. The van der Waals surface area contributed by atoms with Gasteiger partial charge < -0.3 is 45.4 Å². The normalized spacial score (nSPS) is 20.8. The summed E-state index contributed by atoms with van der Waals surface area (Å²) in [4.78, 5) is 68.6. The first-order chi connectivity index (χ1) is 34.2. The Labute approximate surface area is 418 Å². The molecule has 0 saturated carbocycles. The number of aliphatic hydroxyl groups excluding tert-OH is 1. The number of rotatable bonds is 10. The number of phenols is 1. The van der Waals surface area contributed by atoms with Crippen molar-refractivity contribution in [2.24, 2.45) is 5.41 Å². The van der Waals surface area contributed by atoms with E-state index >= 15 is 0 Å². The van der Waals surface area contributed by atoms with Crippen LogP contribution in [0.2, 0.25) is 0 Å². The summed E-state index contributed by atoms with van der Waals surface area (Å²) < 4.78 is 0. The maximum Gasteiger partial charge on any atom is 0.318 e. The number of aryl methyl sites for hydroxylation is 1. The first-order valence-electron chi connectivity index (χ1n) is 25.0. The third kappa shape index (κ3) is 9.93. The minimum Gasteiger partial charge on any atom is -0.507 e. The van der Waals surface area contributed by atoms with E-state index in [1.807, 2.05) is 93.0 Å². The smallest absolute Gasteiger partial charge is 0.318 e. The Morgan fingerprint density at radius 2 is 1.66 bits per heavy atom. The van der Waals surface area contributed by atoms with E-state index in [0.717, 1.165) is 101 Å². The van der Waals surface area contributed by atoms with E-state index < -0.39 is 23.6 Å². The fraction of sp³-hybridized carbons (Fsp3) is 0.472. The summed E-state index contributed by atoms with van der Waals surface area (Å²) in [6, 6.07) is 15.5. The number of para-hydroxylation sites is 1. The molecule has 0 spiro atoms. The van der Waals surface area contributed by atoms with Gasteiger partial charge in [-0.15, -0.1) is 21.5 Å². The van der Waals surface area contributed by atoms with E-state index in [4.69, 9.17) is 9.97 Å². The molecule has 4 amide bonds. The number of aromatic hydroxyl groups is 1. The van der Waals surface area contributed by atoms with Gasteiger partial charge in [0.1, 0.15) is 17.8 Å². The predicted molar refractivity (Wildman–Crippen MR) is 273 cm³/mol. The van der Waals surface area contributed by atoms with Crippen molar-refractivity contribution in [1.82, 2.24) is 55.5 Å². The number of carbonyl (C=O) groups excluding carboxylic acids is 3. The summed E-state index contributed by atoms with van der Waals surface area (Å²) in [6.07, 6.45) is 7.77. The summed E-state index contributed by atoms with van der Waals surface area (Å²) >= 11 is 1.59. The standard InChI is InChI=1S/C53H64N12O5S/c1-31-46(71-30-57-31)35-12-10-33(11-13-35)26-54-49(68)43-24-38(66)29-65(43)50(69)47(53(3,4)5)59-52(70)63-21-16-37(17-22-63)62-19-14-34(15-20-62)36-27-55-51(56-28-36)64-23-18-41-45(32(64)2)40-25-42(60-61-48(40)58-41)39-8-6-7-9-44(39)67/h6-13,25,27-28,30,32,34,37-38,43,47,66-67H,14-24,26,29H2,1-5H3,(H,54,68)(H,58,61)(H,59,70)/t32?,38-,43+,47-/m1/s1. The number of benzene rings is 2. The molecule has 4 aliphatic heterocycles. The molecule has 4 aromatic heterocycles. The molecule has 4 aliphatic rings. The van der Waals surface area contributed by atoms with Crippen LogP contribution in [-0.4, -0.2) is 136 Å². The van der Waals surface area contributed by atoms with Crippen LogP contribution in [0.1, 0.15) is 99.8 Å². The van der Waals surface area contributed by atoms with Crippen LogP contribution in [0, 0.1) is 12.3 Å². The van der Waals surface area contributed by atoms with Crippen molar-refractivity contribution < 1.29 is 24.6 Å². The number of phenolic OH excluding ortho intramolecular Hbond substituents is 1. The molecule has 8 heterocycles. The number of urea groups is 1. The minimum absolute atomic E-state index is 0.00111. The van der Waals surface area contributed by atoms with Crippen LogP contribution in [0.25, 0.3) is 32.7 Å². The maximum absolute atomic E-state index is 14.3. The molecular formula is C53H64N12O5S. The molecule has 5 N–H and O–H groups in total. The molecule has 1 unspecified atom stereocenters. The number of aromatic nitrogens is 6. The van der Waals surface area contributed by atoms with Gasteiger partial charge in [-0.3, -0.25) is 9.59 Å². The number of H-pyrrole nitrogens is 1. The number of hydrogen-bond donors (Lipinski definition) is 5. The lowest BCUT2D eigenvalue weighted by molar-refractivity contribution is -0.142. The number of nitrogens with one attached hydrogen (secondary N) is 3. The molecule has 6 aromatic rings. The highest BCUT2D eigenvalue weighted by molar-refractivity contribution is 7.13. The van der Waals surface area contributed by atoms with Crippen molar-refractivity contribution in [1.29, 1.82) is 0 Å². The van der Waals surface area contributed by atoms with E-state index in [9.17, 15) is 24.6 Å². The second-order valence-electron chi connectivity index (χ2n) is 20.8. The van der Waals surface area contributed by atoms with E-state index in [2.05, 4.69) is 47.5 Å². The minimum atomic E-state index is -0.898. The van der Waals surface area contributed by atoms with Gasteiger partial charge in [-0.25, -0.2) is 19.7 Å².